The van der Waals surface area contributed by atoms with Gasteiger partial charge in [0.1, 0.15) is 5.75 Å². The minimum Gasteiger partial charge on any atom is -0.496 e. The zero-order chi connectivity index (χ0) is 14.8. The lowest BCUT2D eigenvalue weighted by atomic mass is 10.0. The number of aliphatic hydroxyl groups is 1. The highest BCUT2D eigenvalue weighted by atomic mass is 79.9. The summed E-state index contributed by atoms with van der Waals surface area (Å²) in [5.41, 5.74) is -0.129. The molecular weight excluding hydrogens is 322 g/mol. The number of hydrogen-bond donors (Lipinski definition) is 1. The molecule has 1 amide bonds. The Morgan fingerprint density at radius 1 is 1.45 bits per heavy atom. The first-order chi connectivity index (χ1) is 9.45. The molecule has 0 atom stereocenters. The molecule has 0 unspecified atom stereocenters. The number of carbonyl (C=O) groups is 1. The number of carbonyl (C=O) groups excluding carboxylic acids is 1. The van der Waals surface area contributed by atoms with Crippen LogP contribution < -0.4 is 4.74 Å². The van der Waals surface area contributed by atoms with Crippen LogP contribution in [0.1, 0.15) is 36.0 Å². The Bertz CT molecular complexity index is 498. The van der Waals surface area contributed by atoms with Gasteiger partial charge in [-0.15, -0.1) is 0 Å². The van der Waals surface area contributed by atoms with Gasteiger partial charge in [0.25, 0.3) is 5.91 Å². The van der Waals surface area contributed by atoms with Crippen LogP contribution in [-0.4, -0.2) is 42.2 Å². The van der Waals surface area contributed by atoms with E-state index in [4.69, 9.17) is 4.74 Å². The zero-order valence-corrected chi connectivity index (χ0v) is 13.4. The van der Waals surface area contributed by atoms with Gasteiger partial charge >= 0.3 is 0 Å². The molecular formula is C15H20BrNO3. The average molecular weight is 342 g/mol. The molecule has 1 aliphatic carbocycles. The molecule has 1 aliphatic rings. The van der Waals surface area contributed by atoms with Crippen LogP contribution in [0.5, 0.6) is 5.75 Å². The third-order valence-electron chi connectivity index (χ3n) is 3.81. The van der Waals surface area contributed by atoms with E-state index in [0.29, 0.717) is 17.9 Å². The highest BCUT2D eigenvalue weighted by Crippen LogP contribution is 2.31. The number of likely N-dealkylation sites (N-methyl/N-ethyl adjacent to an activating group) is 1. The van der Waals surface area contributed by atoms with Crippen LogP contribution in [0, 0.1) is 0 Å². The SMILES string of the molecule is COc1ccc(C(=O)N(C)CC2(O)CCCC2)cc1Br. The maximum absolute atomic E-state index is 12.4. The Labute approximate surface area is 127 Å². The number of hydrogen-bond acceptors (Lipinski definition) is 3. The molecule has 5 heteroatoms. The van der Waals surface area contributed by atoms with Crippen LogP contribution >= 0.6 is 15.9 Å². The van der Waals surface area contributed by atoms with Crippen LogP contribution in [0.2, 0.25) is 0 Å². The molecule has 4 nitrogen and oxygen atoms in total. The molecule has 0 aliphatic heterocycles. The van der Waals surface area contributed by atoms with Crippen molar-refractivity contribution in [1.29, 1.82) is 0 Å². The van der Waals surface area contributed by atoms with E-state index in [1.807, 2.05) is 0 Å². The Balaban J connectivity index is 2.08. The summed E-state index contributed by atoms with van der Waals surface area (Å²) >= 11 is 3.38. The molecule has 110 valence electrons. The second kappa shape index (κ2) is 6.14. The van der Waals surface area contributed by atoms with Gasteiger partial charge in [-0.05, 0) is 47.0 Å². The summed E-state index contributed by atoms with van der Waals surface area (Å²) in [5.74, 6) is 0.604. The number of nitrogens with zero attached hydrogens (tertiary/aromatic N) is 1. The van der Waals surface area contributed by atoms with E-state index in [1.54, 1.807) is 37.3 Å². The van der Waals surface area contributed by atoms with Gasteiger partial charge in [-0.25, -0.2) is 0 Å². The number of benzene rings is 1. The van der Waals surface area contributed by atoms with Crippen LogP contribution in [0.3, 0.4) is 0 Å². The minimum absolute atomic E-state index is 0.0892. The van der Waals surface area contributed by atoms with Gasteiger partial charge in [0.15, 0.2) is 0 Å². The second-order valence-corrected chi connectivity index (χ2v) is 6.30. The first kappa shape index (κ1) is 15.3. The predicted octanol–water partition coefficient (Wildman–Crippen LogP) is 2.83. The lowest BCUT2D eigenvalue weighted by molar-refractivity contribution is 0.0157. The Hall–Kier alpha value is -1.07. The summed E-state index contributed by atoms with van der Waals surface area (Å²) in [7, 11) is 3.32. The van der Waals surface area contributed by atoms with E-state index in [-0.39, 0.29) is 5.91 Å². The highest BCUT2D eigenvalue weighted by molar-refractivity contribution is 9.10. The van der Waals surface area contributed by atoms with Crippen LogP contribution in [-0.2, 0) is 0 Å². The fourth-order valence-electron chi connectivity index (χ4n) is 2.72. The number of rotatable bonds is 4. The van der Waals surface area contributed by atoms with Crippen LogP contribution in [0.25, 0.3) is 0 Å². The summed E-state index contributed by atoms with van der Waals surface area (Å²) in [6, 6.07) is 5.24. The van der Waals surface area contributed by atoms with Crippen molar-refractivity contribution in [3.05, 3.63) is 28.2 Å². The molecule has 0 spiro atoms. The van der Waals surface area contributed by atoms with Gasteiger partial charge in [-0.1, -0.05) is 12.8 Å². The average Bonchev–Trinajstić information content (AvgIpc) is 2.84. The molecule has 0 bridgehead atoms. The Morgan fingerprint density at radius 3 is 2.65 bits per heavy atom. The third-order valence-corrected chi connectivity index (χ3v) is 4.43. The first-order valence-electron chi connectivity index (χ1n) is 6.76. The summed E-state index contributed by atoms with van der Waals surface area (Å²) in [4.78, 5) is 14.0. The van der Waals surface area contributed by atoms with Gasteiger partial charge in [0, 0.05) is 19.2 Å². The van der Waals surface area contributed by atoms with Crippen molar-refractivity contribution in [3.63, 3.8) is 0 Å². The molecule has 1 fully saturated rings. The molecule has 20 heavy (non-hydrogen) atoms. The van der Waals surface area contributed by atoms with E-state index < -0.39 is 5.60 Å². The van der Waals surface area contributed by atoms with E-state index >= 15 is 0 Å². The zero-order valence-electron chi connectivity index (χ0n) is 11.9. The Morgan fingerprint density at radius 2 is 2.10 bits per heavy atom. The maximum Gasteiger partial charge on any atom is 0.253 e. The maximum atomic E-state index is 12.4. The molecule has 0 aromatic heterocycles. The van der Waals surface area contributed by atoms with Crippen molar-refractivity contribution in [3.8, 4) is 5.75 Å². The smallest absolute Gasteiger partial charge is 0.253 e. The quantitative estimate of drug-likeness (QED) is 0.915. The second-order valence-electron chi connectivity index (χ2n) is 5.44. The van der Waals surface area contributed by atoms with Gasteiger partial charge in [0.2, 0.25) is 0 Å². The summed E-state index contributed by atoms with van der Waals surface area (Å²) in [6.45, 7) is 0.384. The fourth-order valence-corrected chi connectivity index (χ4v) is 3.26. The molecule has 0 saturated heterocycles. The lowest BCUT2D eigenvalue weighted by Crippen LogP contribution is -2.42. The monoisotopic (exact) mass is 341 g/mol. The van der Waals surface area contributed by atoms with Crippen molar-refractivity contribution in [1.82, 2.24) is 4.90 Å². The molecule has 1 aromatic carbocycles. The van der Waals surface area contributed by atoms with Crippen molar-refractivity contribution in [2.24, 2.45) is 0 Å². The molecule has 1 N–H and O–H groups in total. The van der Waals surface area contributed by atoms with Gasteiger partial charge < -0.3 is 14.7 Å². The Kier molecular flexibility index (Phi) is 4.70. The van der Waals surface area contributed by atoms with Crippen molar-refractivity contribution in [2.45, 2.75) is 31.3 Å². The van der Waals surface area contributed by atoms with Crippen LogP contribution in [0.15, 0.2) is 22.7 Å². The first-order valence-corrected chi connectivity index (χ1v) is 7.56. The summed E-state index contributed by atoms with van der Waals surface area (Å²) in [6.07, 6.45) is 3.62. The van der Waals surface area contributed by atoms with E-state index in [0.717, 1.165) is 30.2 Å². The molecule has 2 rings (SSSR count). The number of methoxy groups -OCH3 is 1. The molecule has 1 aromatic rings. The largest absolute Gasteiger partial charge is 0.496 e. The van der Waals surface area contributed by atoms with Crippen molar-refractivity contribution in [2.75, 3.05) is 20.7 Å². The van der Waals surface area contributed by atoms with Gasteiger partial charge in [-0.3, -0.25) is 4.79 Å². The van der Waals surface area contributed by atoms with Crippen LogP contribution in [0.4, 0.5) is 0 Å². The molecule has 0 radical (unpaired) electrons. The molecule has 1 saturated carbocycles. The topological polar surface area (TPSA) is 49.8 Å². The number of amides is 1. The normalized spacial score (nSPS) is 17.0. The standard InChI is InChI=1S/C15H20BrNO3/c1-17(10-15(19)7-3-4-8-15)14(18)11-5-6-13(20-2)12(16)9-11/h5-6,9,19H,3-4,7-8,10H2,1-2H3. The lowest BCUT2D eigenvalue weighted by Gasteiger charge is -2.28. The number of halogens is 1. The third kappa shape index (κ3) is 3.33. The van der Waals surface area contributed by atoms with E-state index in [1.165, 1.54) is 0 Å². The summed E-state index contributed by atoms with van der Waals surface area (Å²) < 4.78 is 5.90. The van der Waals surface area contributed by atoms with E-state index in [2.05, 4.69) is 15.9 Å². The minimum atomic E-state index is -0.714. The highest BCUT2D eigenvalue weighted by Gasteiger charge is 2.33. The summed E-state index contributed by atoms with van der Waals surface area (Å²) in [5, 5.41) is 10.4. The van der Waals surface area contributed by atoms with Gasteiger partial charge in [0.05, 0.1) is 17.2 Å². The van der Waals surface area contributed by atoms with Gasteiger partial charge in [-0.2, -0.15) is 0 Å². The predicted molar refractivity (Wildman–Crippen MR) is 81.1 cm³/mol. The fraction of sp³-hybridized carbons (Fsp3) is 0.533. The van der Waals surface area contributed by atoms with Crippen molar-refractivity contribution >= 4 is 21.8 Å². The van der Waals surface area contributed by atoms with Crippen molar-refractivity contribution < 1.29 is 14.6 Å². The number of ether oxygens (including phenoxy) is 1. The van der Waals surface area contributed by atoms with E-state index in [9.17, 15) is 9.90 Å². The molecule has 0 heterocycles.